The van der Waals surface area contributed by atoms with Crippen LogP contribution in [-0.2, 0) is 16.4 Å². The predicted octanol–water partition coefficient (Wildman–Crippen LogP) is 1.81. The second kappa shape index (κ2) is 6.93. The molecule has 0 saturated heterocycles. The molecule has 0 unspecified atom stereocenters. The van der Waals surface area contributed by atoms with Crippen molar-refractivity contribution >= 4 is 33.1 Å². The first-order valence-corrected chi connectivity index (χ1v) is 8.43. The molecule has 1 heterocycles. The number of nitrogens with one attached hydrogen (secondary N) is 1. The van der Waals surface area contributed by atoms with Gasteiger partial charge in [0.1, 0.15) is 4.21 Å². The largest absolute Gasteiger partial charge is 0.441 e. The summed E-state index contributed by atoms with van der Waals surface area (Å²) in [5.41, 5.74) is -4.36. The van der Waals surface area contributed by atoms with E-state index in [2.05, 4.69) is 4.72 Å². The molecule has 0 saturated carbocycles. The molecule has 2 N–H and O–H groups in total. The molecule has 4 nitrogen and oxygen atoms in total. The number of sulfonamides is 1. The molecule has 0 aliphatic rings. The Morgan fingerprint density at radius 1 is 1.37 bits per heavy atom. The highest BCUT2D eigenvalue weighted by molar-refractivity contribution is 8.00. The molecule has 1 aromatic rings. The van der Waals surface area contributed by atoms with Gasteiger partial charge in [-0.1, -0.05) is 0 Å². The minimum atomic E-state index is -4.36. The second-order valence-electron chi connectivity index (χ2n) is 3.39. The fourth-order valence-electron chi connectivity index (χ4n) is 1.16. The molecular formula is C9H12F3NO3S3. The van der Waals surface area contributed by atoms with E-state index in [1.54, 1.807) is 6.07 Å². The lowest BCUT2D eigenvalue weighted by molar-refractivity contribution is -0.0327. The van der Waals surface area contributed by atoms with Crippen LogP contribution in [0.25, 0.3) is 0 Å². The number of aliphatic hydroxyl groups excluding tert-OH is 1. The van der Waals surface area contributed by atoms with Crippen molar-refractivity contribution in [3.63, 3.8) is 0 Å². The van der Waals surface area contributed by atoms with Gasteiger partial charge in [0.2, 0.25) is 10.0 Å². The number of thiophene rings is 1. The van der Waals surface area contributed by atoms with E-state index in [1.165, 1.54) is 6.07 Å². The fraction of sp³-hybridized carbons (Fsp3) is 0.556. The van der Waals surface area contributed by atoms with Crippen molar-refractivity contribution in [1.29, 1.82) is 0 Å². The first kappa shape index (κ1) is 16.8. The number of hydrogen-bond donors (Lipinski definition) is 2. The Hall–Kier alpha value is -0.290. The zero-order chi connectivity index (χ0) is 14.5. The van der Waals surface area contributed by atoms with Gasteiger partial charge < -0.3 is 5.11 Å². The van der Waals surface area contributed by atoms with Crippen LogP contribution in [0.1, 0.15) is 4.88 Å². The Morgan fingerprint density at radius 2 is 2.05 bits per heavy atom. The van der Waals surface area contributed by atoms with E-state index in [0.717, 1.165) is 11.3 Å². The lowest BCUT2D eigenvalue weighted by atomic mass is 10.4. The smallest absolute Gasteiger partial charge is 0.396 e. The van der Waals surface area contributed by atoms with Crippen molar-refractivity contribution in [2.24, 2.45) is 0 Å². The molecule has 0 bridgehead atoms. The Balaban J connectivity index is 2.51. The van der Waals surface area contributed by atoms with Crippen molar-refractivity contribution in [2.75, 3.05) is 18.9 Å². The molecule has 0 radical (unpaired) electrons. The van der Waals surface area contributed by atoms with E-state index in [9.17, 15) is 21.6 Å². The summed E-state index contributed by atoms with van der Waals surface area (Å²) in [7, 11) is -3.77. The molecule has 0 amide bonds. The first-order chi connectivity index (χ1) is 8.74. The quantitative estimate of drug-likeness (QED) is 0.746. The topological polar surface area (TPSA) is 66.4 Å². The Morgan fingerprint density at radius 3 is 2.63 bits per heavy atom. The maximum absolute atomic E-state index is 11.9. The molecule has 0 atom stereocenters. The van der Waals surface area contributed by atoms with Crippen LogP contribution in [0.15, 0.2) is 16.3 Å². The molecular weight excluding hydrogens is 323 g/mol. The summed E-state index contributed by atoms with van der Waals surface area (Å²) in [4.78, 5) is 0.701. The maximum Gasteiger partial charge on any atom is 0.441 e. The van der Waals surface area contributed by atoms with E-state index in [1.807, 2.05) is 0 Å². The van der Waals surface area contributed by atoms with Gasteiger partial charge in [-0.3, -0.25) is 0 Å². The van der Waals surface area contributed by atoms with Crippen molar-refractivity contribution in [3.8, 4) is 0 Å². The zero-order valence-corrected chi connectivity index (χ0v) is 12.1. The summed E-state index contributed by atoms with van der Waals surface area (Å²) >= 11 is 0.715. The van der Waals surface area contributed by atoms with E-state index in [0.29, 0.717) is 11.3 Å². The van der Waals surface area contributed by atoms with E-state index >= 15 is 0 Å². The third-order valence-electron chi connectivity index (χ3n) is 1.92. The van der Waals surface area contributed by atoms with Gasteiger partial charge in [-0.25, -0.2) is 13.1 Å². The molecule has 0 spiro atoms. The molecule has 10 heteroatoms. The van der Waals surface area contributed by atoms with Gasteiger partial charge in [0.15, 0.2) is 0 Å². The Bertz CT molecular complexity index is 498. The maximum atomic E-state index is 11.9. The number of halogens is 3. The van der Waals surface area contributed by atoms with Gasteiger partial charge in [-0.2, -0.15) is 13.2 Å². The molecule has 0 aliphatic heterocycles. The Kier molecular flexibility index (Phi) is 6.12. The molecule has 0 fully saturated rings. The van der Waals surface area contributed by atoms with Crippen molar-refractivity contribution in [2.45, 2.75) is 16.1 Å². The zero-order valence-electron chi connectivity index (χ0n) is 9.61. The number of rotatable bonds is 7. The van der Waals surface area contributed by atoms with Crippen LogP contribution in [0.3, 0.4) is 0 Å². The van der Waals surface area contributed by atoms with Crippen molar-refractivity contribution < 1.29 is 26.7 Å². The van der Waals surface area contributed by atoms with Gasteiger partial charge in [-0.15, -0.1) is 11.3 Å². The standard InChI is InChI=1S/C9H12F3NO3S3/c10-9(11,12)17-6-4-13-19(15,16)8-2-1-7(18-8)3-5-14/h1-2,13-14H,3-6H2. The summed E-state index contributed by atoms with van der Waals surface area (Å²) < 4.78 is 61.1. The number of alkyl halides is 3. The summed E-state index contributed by atoms with van der Waals surface area (Å²) in [6, 6.07) is 2.94. The van der Waals surface area contributed by atoms with E-state index < -0.39 is 15.5 Å². The third kappa shape index (κ3) is 6.13. The highest BCUT2D eigenvalue weighted by atomic mass is 32.2. The molecule has 0 aromatic carbocycles. The van der Waals surface area contributed by atoms with Gasteiger partial charge >= 0.3 is 5.51 Å². The number of hydrogen-bond acceptors (Lipinski definition) is 5. The minimum absolute atomic E-state index is 0.0351. The molecule has 1 rings (SSSR count). The van der Waals surface area contributed by atoms with Crippen LogP contribution in [0, 0.1) is 0 Å². The first-order valence-electron chi connectivity index (χ1n) is 5.14. The summed E-state index contributed by atoms with van der Waals surface area (Å²) in [5, 5.41) is 8.71. The number of thioether (sulfide) groups is 1. The normalized spacial score (nSPS) is 12.8. The summed E-state index contributed by atoms with van der Waals surface area (Å²) in [6.45, 7) is -0.380. The third-order valence-corrected chi connectivity index (χ3v) is 5.75. The average Bonchev–Trinajstić information content (AvgIpc) is 2.73. The van der Waals surface area contributed by atoms with E-state index in [-0.39, 0.29) is 34.9 Å². The van der Waals surface area contributed by atoms with Crippen LogP contribution < -0.4 is 4.72 Å². The summed E-state index contributed by atoms with van der Waals surface area (Å²) in [6.07, 6.45) is 0.351. The molecule has 1 aromatic heterocycles. The Labute approximate surface area is 117 Å². The lowest BCUT2D eigenvalue weighted by Crippen LogP contribution is -2.26. The second-order valence-corrected chi connectivity index (χ2v) is 7.71. The monoisotopic (exact) mass is 335 g/mol. The van der Waals surface area contributed by atoms with E-state index in [4.69, 9.17) is 5.11 Å². The predicted molar refractivity (Wildman–Crippen MR) is 68.8 cm³/mol. The highest BCUT2D eigenvalue weighted by Gasteiger charge is 2.27. The lowest BCUT2D eigenvalue weighted by Gasteiger charge is -2.06. The van der Waals surface area contributed by atoms with Crippen LogP contribution in [-0.4, -0.2) is 37.9 Å². The van der Waals surface area contributed by atoms with Crippen molar-refractivity contribution in [1.82, 2.24) is 4.72 Å². The van der Waals surface area contributed by atoms with Gasteiger partial charge in [0.25, 0.3) is 0 Å². The highest BCUT2D eigenvalue weighted by Crippen LogP contribution is 2.29. The molecule has 110 valence electrons. The summed E-state index contributed by atoms with van der Waals surface area (Å²) in [5.74, 6) is -0.377. The minimum Gasteiger partial charge on any atom is -0.396 e. The fourth-order valence-corrected chi connectivity index (χ4v) is 4.15. The van der Waals surface area contributed by atoms with Gasteiger partial charge in [-0.05, 0) is 23.9 Å². The molecule has 0 aliphatic carbocycles. The van der Waals surface area contributed by atoms with Crippen LogP contribution in [0.5, 0.6) is 0 Å². The number of aliphatic hydroxyl groups is 1. The molecule has 19 heavy (non-hydrogen) atoms. The SMILES string of the molecule is O=S(=O)(NCCSC(F)(F)F)c1ccc(CCO)s1. The average molecular weight is 335 g/mol. The van der Waals surface area contributed by atoms with Crippen LogP contribution in [0.4, 0.5) is 13.2 Å². The van der Waals surface area contributed by atoms with Gasteiger partial charge in [0, 0.05) is 30.2 Å². The van der Waals surface area contributed by atoms with Crippen molar-refractivity contribution in [3.05, 3.63) is 17.0 Å². The van der Waals surface area contributed by atoms with Gasteiger partial charge in [0.05, 0.1) is 0 Å². The van der Waals surface area contributed by atoms with Crippen LogP contribution in [0.2, 0.25) is 0 Å². The van der Waals surface area contributed by atoms with Crippen LogP contribution >= 0.6 is 23.1 Å².